The van der Waals surface area contributed by atoms with Crippen molar-refractivity contribution in [2.24, 2.45) is 0 Å². The minimum atomic E-state index is 0.0839. The van der Waals surface area contributed by atoms with Crippen LogP contribution in [0.1, 0.15) is 15.9 Å². The van der Waals surface area contributed by atoms with Gasteiger partial charge in [-0.1, -0.05) is 18.2 Å². The predicted molar refractivity (Wildman–Crippen MR) is 54.9 cm³/mol. The van der Waals surface area contributed by atoms with Crippen LogP contribution in [0.15, 0.2) is 24.3 Å². The zero-order chi connectivity index (χ0) is 10.1. The highest BCUT2D eigenvalue weighted by molar-refractivity contribution is 5.95. The fourth-order valence-electron chi connectivity index (χ4n) is 1.71. The van der Waals surface area contributed by atoms with Crippen LogP contribution in [-0.4, -0.2) is 36.6 Å². The summed E-state index contributed by atoms with van der Waals surface area (Å²) >= 11 is 0. The molecule has 0 spiro atoms. The molecule has 1 amide bonds. The molecule has 3 heteroatoms. The number of likely N-dealkylation sites (N-methyl/N-ethyl adjacent to an activating group) is 1. The summed E-state index contributed by atoms with van der Waals surface area (Å²) in [6.07, 6.45) is 0.933. The minimum absolute atomic E-state index is 0.0839. The molecule has 0 N–H and O–H groups in total. The van der Waals surface area contributed by atoms with Crippen LogP contribution in [0.3, 0.4) is 0 Å². The summed E-state index contributed by atoms with van der Waals surface area (Å²) in [5, 5.41) is 3.62. The number of hydrogen-bond donors (Lipinski definition) is 0. The molecule has 0 unspecified atom stereocenters. The first-order valence-corrected chi connectivity index (χ1v) is 4.77. The largest absolute Gasteiger partial charge is 0.275 e. The molecular weight excluding hydrogens is 176 g/mol. The van der Waals surface area contributed by atoms with Gasteiger partial charge in [-0.05, 0) is 18.1 Å². The van der Waals surface area contributed by atoms with Gasteiger partial charge in [0.15, 0.2) is 0 Å². The number of nitrogens with zero attached hydrogens (tertiary/aromatic N) is 2. The Morgan fingerprint density at radius 2 is 1.93 bits per heavy atom. The van der Waals surface area contributed by atoms with Crippen LogP contribution in [0.4, 0.5) is 0 Å². The lowest BCUT2D eigenvalue weighted by Gasteiger charge is -2.25. The van der Waals surface area contributed by atoms with Crippen LogP contribution in [0.2, 0.25) is 0 Å². The first-order valence-electron chi connectivity index (χ1n) is 4.77. The molecule has 1 aliphatic rings. The van der Waals surface area contributed by atoms with E-state index in [1.54, 1.807) is 5.01 Å². The van der Waals surface area contributed by atoms with E-state index in [2.05, 4.69) is 0 Å². The lowest BCUT2D eigenvalue weighted by atomic mass is 10.0. The van der Waals surface area contributed by atoms with Gasteiger partial charge in [0.1, 0.15) is 0 Å². The highest BCUT2D eigenvalue weighted by Gasteiger charge is 2.22. The molecule has 1 aromatic carbocycles. The molecule has 74 valence electrons. The van der Waals surface area contributed by atoms with Gasteiger partial charge in [-0.2, -0.15) is 0 Å². The standard InChI is InChI=1S/C11H14N2O/c1-12-8-7-9-5-3-4-6-10(9)11(14)13(12)2/h3-6H,7-8H2,1-2H3. The Morgan fingerprint density at radius 3 is 2.71 bits per heavy atom. The van der Waals surface area contributed by atoms with Crippen LogP contribution >= 0.6 is 0 Å². The smallest absolute Gasteiger partial charge is 0.268 e. The zero-order valence-electron chi connectivity index (χ0n) is 8.53. The van der Waals surface area contributed by atoms with Gasteiger partial charge >= 0.3 is 0 Å². The van der Waals surface area contributed by atoms with Crippen LogP contribution in [0.5, 0.6) is 0 Å². The van der Waals surface area contributed by atoms with Crippen molar-refractivity contribution in [2.45, 2.75) is 6.42 Å². The summed E-state index contributed by atoms with van der Waals surface area (Å²) in [6.45, 7) is 0.888. The molecule has 0 saturated heterocycles. The highest BCUT2D eigenvalue weighted by atomic mass is 16.2. The molecule has 0 aromatic heterocycles. The van der Waals surface area contributed by atoms with Gasteiger partial charge in [0.05, 0.1) is 0 Å². The van der Waals surface area contributed by atoms with E-state index in [1.807, 2.05) is 43.4 Å². The van der Waals surface area contributed by atoms with Gasteiger partial charge in [0.25, 0.3) is 5.91 Å². The van der Waals surface area contributed by atoms with Crippen molar-refractivity contribution in [3.63, 3.8) is 0 Å². The van der Waals surface area contributed by atoms with Crippen molar-refractivity contribution in [1.29, 1.82) is 0 Å². The molecule has 0 atom stereocenters. The quantitative estimate of drug-likeness (QED) is 0.613. The maximum absolute atomic E-state index is 11.9. The van der Waals surface area contributed by atoms with E-state index >= 15 is 0 Å². The Morgan fingerprint density at radius 1 is 1.21 bits per heavy atom. The molecule has 2 rings (SSSR count). The molecule has 1 aliphatic heterocycles. The van der Waals surface area contributed by atoms with Crippen molar-refractivity contribution in [3.05, 3.63) is 35.4 Å². The Kier molecular flexibility index (Phi) is 2.25. The highest BCUT2D eigenvalue weighted by Crippen LogP contribution is 2.16. The number of hydrogen-bond acceptors (Lipinski definition) is 2. The summed E-state index contributed by atoms with van der Waals surface area (Å²) < 4.78 is 0. The SMILES string of the molecule is CN1CCc2ccccc2C(=O)N1C. The van der Waals surface area contributed by atoms with Crippen LogP contribution in [-0.2, 0) is 6.42 Å². The molecular formula is C11H14N2O. The lowest BCUT2D eigenvalue weighted by Crippen LogP contribution is -2.40. The third-order valence-corrected chi connectivity index (χ3v) is 2.76. The Labute approximate surface area is 83.9 Å². The first kappa shape index (κ1) is 9.21. The molecule has 0 radical (unpaired) electrons. The number of rotatable bonds is 0. The number of amides is 1. The number of fused-ring (bicyclic) bond motifs is 1. The summed E-state index contributed by atoms with van der Waals surface area (Å²) in [6, 6.07) is 7.82. The zero-order valence-corrected chi connectivity index (χ0v) is 8.53. The molecule has 1 aromatic rings. The summed E-state index contributed by atoms with van der Waals surface area (Å²) in [7, 11) is 3.74. The molecule has 1 heterocycles. The number of hydrazine groups is 1. The Bertz CT molecular complexity index is 362. The minimum Gasteiger partial charge on any atom is -0.275 e. The maximum atomic E-state index is 11.9. The fraction of sp³-hybridized carbons (Fsp3) is 0.364. The second kappa shape index (κ2) is 3.42. The van der Waals surface area contributed by atoms with Gasteiger partial charge in [-0.3, -0.25) is 9.80 Å². The number of carbonyl (C=O) groups excluding carboxylic acids is 1. The van der Waals surface area contributed by atoms with E-state index in [9.17, 15) is 4.79 Å². The average Bonchev–Trinajstić information content (AvgIpc) is 2.32. The third-order valence-electron chi connectivity index (χ3n) is 2.76. The Balaban J connectivity index is 2.45. The monoisotopic (exact) mass is 190 g/mol. The number of benzene rings is 1. The predicted octanol–water partition coefficient (Wildman–Crippen LogP) is 1.16. The van der Waals surface area contributed by atoms with E-state index < -0.39 is 0 Å². The van der Waals surface area contributed by atoms with E-state index in [-0.39, 0.29) is 5.91 Å². The van der Waals surface area contributed by atoms with Crippen LogP contribution in [0.25, 0.3) is 0 Å². The molecule has 0 aliphatic carbocycles. The number of carbonyl (C=O) groups is 1. The molecule has 0 fully saturated rings. The lowest BCUT2D eigenvalue weighted by molar-refractivity contribution is 0.0246. The summed E-state index contributed by atoms with van der Waals surface area (Å²) in [5.74, 6) is 0.0839. The summed E-state index contributed by atoms with van der Waals surface area (Å²) in [5.41, 5.74) is 1.98. The van der Waals surface area contributed by atoms with Gasteiger partial charge in [-0.15, -0.1) is 0 Å². The molecule has 3 nitrogen and oxygen atoms in total. The Hall–Kier alpha value is -1.35. The van der Waals surface area contributed by atoms with Gasteiger partial charge in [-0.25, -0.2) is 5.01 Å². The van der Waals surface area contributed by atoms with Crippen molar-refractivity contribution >= 4 is 5.91 Å². The third kappa shape index (κ3) is 1.40. The van der Waals surface area contributed by atoms with Crippen molar-refractivity contribution < 1.29 is 4.79 Å². The molecule has 14 heavy (non-hydrogen) atoms. The second-order valence-corrected chi connectivity index (χ2v) is 3.62. The van der Waals surface area contributed by atoms with Crippen LogP contribution in [0, 0.1) is 0 Å². The summed E-state index contributed by atoms with van der Waals surface area (Å²) in [4.78, 5) is 11.9. The van der Waals surface area contributed by atoms with Crippen molar-refractivity contribution in [2.75, 3.05) is 20.6 Å². The maximum Gasteiger partial charge on any atom is 0.268 e. The van der Waals surface area contributed by atoms with E-state index in [4.69, 9.17) is 0 Å². The van der Waals surface area contributed by atoms with Gasteiger partial charge < -0.3 is 0 Å². The topological polar surface area (TPSA) is 23.6 Å². The molecule has 0 saturated carbocycles. The van der Waals surface area contributed by atoms with Gasteiger partial charge in [0, 0.05) is 26.2 Å². The van der Waals surface area contributed by atoms with Gasteiger partial charge in [0.2, 0.25) is 0 Å². The molecule has 0 bridgehead atoms. The normalized spacial score (nSPS) is 17.9. The fourth-order valence-corrected chi connectivity index (χ4v) is 1.71. The second-order valence-electron chi connectivity index (χ2n) is 3.62. The van der Waals surface area contributed by atoms with Crippen molar-refractivity contribution in [1.82, 2.24) is 10.0 Å². The van der Waals surface area contributed by atoms with Crippen LogP contribution < -0.4 is 0 Å². The van der Waals surface area contributed by atoms with E-state index in [1.165, 1.54) is 0 Å². The first-order chi connectivity index (χ1) is 6.70. The van der Waals surface area contributed by atoms with Crippen molar-refractivity contribution in [3.8, 4) is 0 Å². The van der Waals surface area contributed by atoms with E-state index in [0.29, 0.717) is 0 Å². The van der Waals surface area contributed by atoms with E-state index in [0.717, 1.165) is 24.1 Å². The average molecular weight is 190 g/mol.